The number of nitrogens with zero attached hydrogens (tertiary/aromatic N) is 2. The maximum absolute atomic E-state index is 5.84. The van der Waals surface area contributed by atoms with Crippen molar-refractivity contribution >= 4 is 5.82 Å². The molecule has 4 heteroatoms. The minimum atomic E-state index is 0.0196. The standard InChI is InChI=1S/C17H23N3O/c1-5-21-16(15-9-7-6-8-10-15)11-18-17-12(2)13(3)19-14(4)20-17/h6-10,16H,5,11H2,1-4H3,(H,18,19,20). The highest BCUT2D eigenvalue weighted by Gasteiger charge is 2.13. The van der Waals surface area contributed by atoms with Gasteiger partial charge in [0, 0.05) is 24.4 Å². The first-order chi connectivity index (χ1) is 10.1. The minimum absolute atomic E-state index is 0.0196. The van der Waals surface area contributed by atoms with Crippen LogP contribution < -0.4 is 5.32 Å². The minimum Gasteiger partial charge on any atom is -0.372 e. The molecule has 0 aliphatic rings. The van der Waals surface area contributed by atoms with E-state index in [0.717, 1.165) is 22.9 Å². The summed E-state index contributed by atoms with van der Waals surface area (Å²) in [6.07, 6.45) is 0.0196. The fourth-order valence-corrected chi connectivity index (χ4v) is 2.27. The highest BCUT2D eigenvalue weighted by atomic mass is 16.5. The van der Waals surface area contributed by atoms with E-state index in [4.69, 9.17) is 4.74 Å². The van der Waals surface area contributed by atoms with Crippen LogP contribution in [0.3, 0.4) is 0 Å². The van der Waals surface area contributed by atoms with Crippen LogP contribution in [0.1, 0.15) is 35.7 Å². The molecule has 0 saturated carbocycles. The van der Waals surface area contributed by atoms with Gasteiger partial charge in [-0.05, 0) is 33.3 Å². The van der Waals surface area contributed by atoms with Crippen LogP contribution in [0.5, 0.6) is 0 Å². The fourth-order valence-electron chi connectivity index (χ4n) is 2.27. The summed E-state index contributed by atoms with van der Waals surface area (Å²) in [4.78, 5) is 8.85. The Kier molecular flexibility index (Phi) is 5.28. The first-order valence-corrected chi connectivity index (χ1v) is 7.34. The summed E-state index contributed by atoms with van der Waals surface area (Å²) in [5, 5.41) is 3.40. The lowest BCUT2D eigenvalue weighted by molar-refractivity contribution is 0.0718. The highest BCUT2D eigenvalue weighted by molar-refractivity contribution is 5.45. The molecule has 0 saturated heterocycles. The van der Waals surface area contributed by atoms with E-state index in [1.54, 1.807) is 0 Å². The zero-order valence-corrected chi connectivity index (χ0v) is 13.2. The second-order valence-corrected chi connectivity index (χ2v) is 5.07. The maximum atomic E-state index is 5.84. The predicted molar refractivity (Wildman–Crippen MR) is 85.5 cm³/mol. The second kappa shape index (κ2) is 7.18. The Hall–Kier alpha value is -1.94. The summed E-state index contributed by atoms with van der Waals surface area (Å²) in [5.74, 6) is 1.67. The number of hydrogen-bond donors (Lipinski definition) is 1. The molecule has 0 amide bonds. The SMILES string of the molecule is CCOC(CNc1nc(C)nc(C)c1C)c1ccccc1. The Balaban J connectivity index is 2.12. The number of aryl methyl sites for hydroxylation is 2. The number of rotatable bonds is 6. The first kappa shape index (κ1) is 15.4. The Morgan fingerprint density at radius 1 is 1.10 bits per heavy atom. The molecule has 0 fully saturated rings. The number of anilines is 1. The Morgan fingerprint density at radius 3 is 2.48 bits per heavy atom. The lowest BCUT2D eigenvalue weighted by Gasteiger charge is -2.19. The molecular formula is C17H23N3O. The first-order valence-electron chi connectivity index (χ1n) is 7.34. The van der Waals surface area contributed by atoms with E-state index in [-0.39, 0.29) is 6.10 Å². The average Bonchev–Trinajstić information content (AvgIpc) is 2.49. The fraction of sp³-hybridized carbons (Fsp3) is 0.412. The van der Waals surface area contributed by atoms with Gasteiger partial charge in [0.05, 0.1) is 6.10 Å². The van der Waals surface area contributed by atoms with Gasteiger partial charge in [0.2, 0.25) is 0 Å². The highest BCUT2D eigenvalue weighted by Crippen LogP contribution is 2.20. The molecule has 1 aromatic carbocycles. The molecule has 2 rings (SSSR count). The molecule has 1 N–H and O–H groups in total. The lowest BCUT2D eigenvalue weighted by atomic mass is 10.1. The Morgan fingerprint density at radius 2 is 1.81 bits per heavy atom. The number of ether oxygens (including phenoxy) is 1. The normalized spacial score (nSPS) is 12.2. The van der Waals surface area contributed by atoms with E-state index in [1.807, 2.05) is 45.9 Å². The molecule has 0 spiro atoms. The molecule has 1 heterocycles. The van der Waals surface area contributed by atoms with Crippen molar-refractivity contribution in [3.63, 3.8) is 0 Å². The van der Waals surface area contributed by atoms with Gasteiger partial charge in [-0.25, -0.2) is 9.97 Å². The molecule has 1 aromatic heterocycles. The van der Waals surface area contributed by atoms with Gasteiger partial charge >= 0.3 is 0 Å². The van der Waals surface area contributed by atoms with E-state index >= 15 is 0 Å². The van der Waals surface area contributed by atoms with Crippen LogP contribution in [-0.4, -0.2) is 23.1 Å². The largest absolute Gasteiger partial charge is 0.372 e. The van der Waals surface area contributed by atoms with Crippen molar-refractivity contribution in [1.82, 2.24) is 9.97 Å². The number of benzene rings is 1. The van der Waals surface area contributed by atoms with Gasteiger partial charge in [-0.2, -0.15) is 0 Å². The van der Waals surface area contributed by atoms with Gasteiger partial charge in [0.1, 0.15) is 11.6 Å². The van der Waals surface area contributed by atoms with Gasteiger partial charge in [-0.15, -0.1) is 0 Å². The van der Waals surface area contributed by atoms with Crippen LogP contribution in [0, 0.1) is 20.8 Å². The zero-order valence-electron chi connectivity index (χ0n) is 13.2. The van der Waals surface area contributed by atoms with E-state index in [2.05, 4.69) is 27.4 Å². The van der Waals surface area contributed by atoms with Crippen LogP contribution >= 0.6 is 0 Å². The van der Waals surface area contributed by atoms with Crippen LogP contribution in [0.15, 0.2) is 30.3 Å². The predicted octanol–water partition coefficient (Wildman–Crippen LogP) is 3.59. The van der Waals surface area contributed by atoms with Crippen molar-refractivity contribution in [2.24, 2.45) is 0 Å². The summed E-state index contributed by atoms with van der Waals surface area (Å²) in [7, 11) is 0. The monoisotopic (exact) mass is 285 g/mol. The molecule has 0 aliphatic carbocycles. The third-order valence-corrected chi connectivity index (χ3v) is 3.50. The summed E-state index contributed by atoms with van der Waals surface area (Å²) >= 11 is 0. The van der Waals surface area contributed by atoms with Crippen molar-refractivity contribution < 1.29 is 4.74 Å². The molecule has 0 aliphatic heterocycles. The molecule has 0 radical (unpaired) electrons. The van der Waals surface area contributed by atoms with E-state index in [9.17, 15) is 0 Å². The Labute approximate surface area is 126 Å². The van der Waals surface area contributed by atoms with Crippen molar-refractivity contribution in [2.75, 3.05) is 18.5 Å². The number of hydrogen-bond acceptors (Lipinski definition) is 4. The Bertz CT molecular complexity index is 584. The van der Waals surface area contributed by atoms with Crippen molar-refractivity contribution in [2.45, 2.75) is 33.8 Å². The quantitative estimate of drug-likeness (QED) is 0.881. The van der Waals surface area contributed by atoms with Crippen molar-refractivity contribution in [3.8, 4) is 0 Å². The van der Waals surface area contributed by atoms with Crippen LogP contribution in [0.25, 0.3) is 0 Å². The summed E-state index contributed by atoms with van der Waals surface area (Å²) in [6, 6.07) is 10.3. The van der Waals surface area contributed by atoms with Gasteiger partial charge in [-0.3, -0.25) is 0 Å². The van der Waals surface area contributed by atoms with E-state index in [0.29, 0.717) is 13.2 Å². The van der Waals surface area contributed by atoms with Gasteiger partial charge in [0.25, 0.3) is 0 Å². The van der Waals surface area contributed by atoms with Crippen molar-refractivity contribution in [1.29, 1.82) is 0 Å². The summed E-state index contributed by atoms with van der Waals surface area (Å²) < 4.78 is 5.84. The topological polar surface area (TPSA) is 47.0 Å². The molecule has 4 nitrogen and oxygen atoms in total. The van der Waals surface area contributed by atoms with Gasteiger partial charge in [-0.1, -0.05) is 30.3 Å². The second-order valence-electron chi connectivity index (χ2n) is 5.07. The smallest absolute Gasteiger partial charge is 0.132 e. The van der Waals surface area contributed by atoms with Crippen LogP contribution in [-0.2, 0) is 4.74 Å². The summed E-state index contributed by atoms with van der Waals surface area (Å²) in [5.41, 5.74) is 3.27. The van der Waals surface area contributed by atoms with E-state index in [1.165, 1.54) is 5.56 Å². The van der Waals surface area contributed by atoms with Crippen LogP contribution in [0.4, 0.5) is 5.82 Å². The third-order valence-electron chi connectivity index (χ3n) is 3.50. The summed E-state index contributed by atoms with van der Waals surface area (Å²) in [6.45, 7) is 9.34. The number of nitrogens with one attached hydrogen (secondary N) is 1. The van der Waals surface area contributed by atoms with Gasteiger partial charge in [0.15, 0.2) is 0 Å². The lowest BCUT2D eigenvalue weighted by Crippen LogP contribution is -2.17. The molecule has 1 atom stereocenters. The number of aromatic nitrogens is 2. The van der Waals surface area contributed by atoms with Crippen LogP contribution in [0.2, 0.25) is 0 Å². The van der Waals surface area contributed by atoms with Gasteiger partial charge < -0.3 is 10.1 Å². The molecule has 1 unspecified atom stereocenters. The maximum Gasteiger partial charge on any atom is 0.132 e. The third kappa shape index (κ3) is 4.02. The molecular weight excluding hydrogens is 262 g/mol. The molecule has 2 aromatic rings. The molecule has 112 valence electrons. The molecule has 21 heavy (non-hydrogen) atoms. The van der Waals surface area contributed by atoms with Crippen molar-refractivity contribution in [3.05, 3.63) is 53.0 Å². The zero-order chi connectivity index (χ0) is 15.2. The van der Waals surface area contributed by atoms with E-state index < -0.39 is 0 Å². The average molecular weight is 285 g/mol. The molecule has 0 bridgehead atoms.